The minimum absolute atomic E-state index is 0.00190. The van der Waals surface area contributed by atoms with Crippen LogP contribution in [0.5, 0.6) is 23.0 Å². The van der Waals surface area contributed by atoms with E-state index >= 15 is 0 Å². The van der Waals surface area contributed by atoms with E-state index < -0.39 is 36.2 Å². The molecule has 82 heavy (non-hydrogen) atoms. The second-order valence-corrected chi connectivity index (χ2v) is 21.8. The van der Waals surface area contributed by atoms with Crippen molar-refractivity contribution in [2.24, 2.45) is 5.92 Å². The van der Waals surface area contributed by atoms with E-state index in [4.69, 9.17) is 14.0 Å². The molecule has 8 rings (SSSR count). The lowest BCUT2D eigenvalue weighted by Gasteiger charge is -2.37. The van der Waals surface area contributed by atoms with E-state index in [1.165, 1.54) is 34.1 Å². The molecular formula is C62H70BN9O10. The van der Waals surface area contributed by atoms with E-state index in [0.29, 0.717) is 46.8 Å². The van der Waals surface area contributed by atoms with Gasteiger partial charge in [-0.05, 0) is 136 Å². The largest absolute Gasteiger partial charge is 0.508 e. The first kappa shape index (κ1) is 59.4. The molecule has 1 unspecified atom stereocenters. The van der Waals surface area contributed by atoms with Crippen LogP contribution >= 0.6 is 0 Å². The molecule has 1 saturated heterocycles. The van der Waals surface area contributed by atoms with Gasteiger partial charge in [0.25, 0.3) is 23.6 Å². The lowest BCUT2D eigenvalue weighted by molar-refractivity contribution is -0.121. The van der Waals surface area contributed by atoms with Crippen molar-refractivity contribution in [3.8, 4) is 40.1 Å². The highest BCUT2D eigenvalue weighted by molar-refractivity contribution is 6.48. The van der Waals surface area contributed by atoms with Gasteiger partial charge in [-0.2, -0.15) is 0 Å². The Kier molecular flexibility index (Phi) is 18.7. The van der Waals surface area contributed by atoms with Crippen molar-refractivity contribution in [1.29, 1.82) is 0 Å². The van der Waals surface area contributed by atoms with Crippen molar-refractivity contribution >= 4 is 36.5 Å². The van der Waals surface area contributed by atoms with Crippen LogP contribution in [0, 0.1) is 5.92 Å². The normalized spacial score (nSPS) is 15.4. The highest BCUT2D eigenvalue weighted by atomic mass is 16.7. The summed E-state index contributed by atoms with van der Waals surface area (Å²) >= 11 is 0. The zero-order valence-corrected chi connectivity index (χ0v) is 47.7. The molecule has 0 spiro atoms. The quantitative estimate of drug-likeness (QED) is 0.0375. The first-order valence-electron chi connectivity index (χ1n) is 27.5. The molecule has 1 aliphatic heterocycles. The number of benzene rings is 5. The fraction of sp³-hybridized carbons (Fsp3) is 0.339. The van der Waals surface area contributed by atoms with Crippen molar-refractivity contribution in [2.75, 3.05) is 26.7 Å². The molecule has 7 aromatic rings. The Balaban J connectivity index is 0.856. The van der Waals surface area contributed by atoms with Gasteiger partial charge in [0.2, 0.25) is 5.82 Å². The van der Waals surface area contributed by atoms with Crippen LogP contribution in [0.15, 0.2) is 134 Å². The van der Waals surface area contributed by atoms with E-state index in [0.717, 1.165) is 11.1 Å². The monoisotopic (exact) mass is 1110 g/mol. The van der Waals surface area contributed by atoms with E-state index in [1.54, 1.807) is 80.7 Å². The third kappa shape index (κ3) is 13.7. The van der Waals surface area contributed by atoms with Gasteiger partial charge in [-0.25, -0.2) is 4.98 Å². The van der Waals surface area contributed by atoms with Gasteiger partial charge in [0, 0.05) is 74.2 Å². The summed E-state index contributed by atoms with van der Waals surface area (Å²) in [6.07, 6.45) is 5.27. The summed E-state index contributed by atoms with van der Waals surface area (Å²) in [5.41, 5.74) is 2.19. The highest BCUT2D eigenvalue weighted by Gasteiger charge is 2.57. The average molecular weight is 1110 g/mol. The van der Waals surface area contributed by atoms with Gasteiger partial charge in [0.15, 0.2) is 11.6 Å². The molecule has 3 heterocycles. The number of phenols is 2. The van der Waals surface area contributed by atoms with Crippen molar-refractivity contribution < 1.29 is 48.2 Å². The van der Waals surface area contributed by atoms with Crippen LogP contribution in [-0.4, -0.2) is 115 Å². The summed E-state index contributed by atoms with van der Waals surface area (Å²) in [4.78, 5) is 77.4. The third-order valence-corrected chi connectivity index (χ3v) is 14.7. The first-order chi connectivity index (χ1) is 39.2. The van der Waals surface area contributed by atoms with Crippen molar-refractivity contribution in [3.63, 3.8) is 0 Å². The van der Waals surface area contributed by atoms with Crippen LogP contribution in [0.3, 0.4) is 0 Å². The van der Waals surface area contributed by atoms with Crippen LogP contribution in [0.4, 0.5) is 0 Å². The Hall–Kier alpha value is -8.75. The number of aromatic hydroxyl groups is 2. The van der Waals surface area contributed by atoms with E-state index in [9.17, 15) is 34.2 Å². The molecule has 5 N–H and O–H groups in total. The number of ether oxygens (including phenoxy) is 1. The lowest BCUT2D eigenvalue weighted by Crippen LogP contribution is -2.44. The highest BCUT2D eigenvalue weighted by Crippen LogP contribution is 2.49. The maximum atomic E-state index is 14.3. The van der Waals surface area contributed by atoms with Crippen molar-refractivity contribution in [1.82, 2.24) is 45.6 Å². The van der Waals surface area contributed by atoms with Gasteiger partial charge in [-0.3, -0.25) is 33.5 Å². The number of carbonyl (C=O) groups is 5. The zero-order chi connectivity index (χ0) is 58.9. The molecule has 2 aromatic heterocycles. The van der Waals surface area contributed by atoms with Crippen molar-refractivity contribution in [3.05, 3.63) is 173 Å². The first-order valence-corrected chi connectivity index (χ1v) is 27.5. The second kappa shape index (κ2) is 25.8. The summed E-state index contributed by atoms with van der Waals surface area (Å²) in [5, 5.41) is 38.4. The number of nitrogens with zero attached hydrogens (tertiary/aromatic N) is 6. The summed E-state index contributed by atoms with van der Waals surface area (Å²) in [5.74, 6) is -1.08. The number of amides is 4. The molecule has 4 amide bonds. The Labute approximate surface area is 478 Å². The molecule has 19 nitrogen and oxygen atoms in total. The fourth-order valence-electron chi connectivity index (χ4n) is 9.94. The van der Waals surface area contributed by atoms with Crippen LogP contribution in [-0.2, 0) is 26.1 Å². The summed E-state index contributed by atoms with van der Waals surface area (Å²) in [7, 11) is 0.913. The Morgan fingerprint density at radius 3 is 2.07 bits per heavy atom. The zero-order valence-electron chi connectivity index (χ0n) is 47.7. The Morgan fingerprint density at radius 2 is 1.44 bits per heavy atom. The molecular weight excluding hydrogens is 1040 g/mol. The van der Waals surface area contributed by atoms with Gasteiger partial charge >= 0.3 is 7.12 Å². The molecule has 1 aliphatic rings. The van der Waals surface area contributed by atoms with Crippen molar-refractivity contribution in [2.45, 2.75) is 104 Å². The summed E-state index contributed by atoms with van der Waals surface area (Å²) < 4.78 is 21.2. The minimum Gasteiger partial charge on any atom is -0.508 e. The Morgan fingerprint density at radius 1 is 0.768 bits per heavy atom. The minimum atomic E-state index is -0.973. The number of carbonyl (C=O) groups excluding carboxylic acids is 5. The number of Topliss-reactive ketones (excluding diaryl/α,β-unsaturated/α-hetero) is 1. The number of likely N-dealkylation sites (N-methyl/N-ethyl adjacent to an activating group) is 1. The summed E-state index contributed by atoms with van der Waals surface area (Å²) in [6, 6.07) is 32.2. The fourth-order valence-corrected chi connectivity index (χ4v) is 9.94. The molecule has 3 atom stereocenters. The maximum absolute atomic E-state index is 14.3. The summed E-state index contributed by atoms with van der Waals surface area (Å²) in [6.45, 7) is 16.4. The number of ketones is 1. The smallest absolute Gasteiger partial charge is 0.461 e. The number of aromatic nitrogens is 5. The predicted octanol–water partition coefficient (Wildman–Crippen LogP) is 9.25. The second-order valence-electron chi connectivity index (χ2n) is 21.8. The molecule has 426 valence electrons. The molecule has 0 aliphatic carbocycles. The topological polar surface area (TPSA) is 249 Å². The maximum Gasteiger partial charge on any atom is 0.461 e. The predicted molar refractivity (Wildman–Crippen MR) is 310 cm³/mol. The number of hydrogen-bond acceptors (Lipinski definition) is 14. The molecule has 0 saturated carbocycles. The lowest BCUT2D eigenvalue weighted by atomic mass is 9.65. The standard InChI is InChI=1S/C62H70BN9O10/c1-10-65-59(78)56-70-69-55(49-35-48(39(4)5)52(73)36-53(49)74)72(56)45-22-26-47(27-23-45)80-46-24-18-41(19-25-46)57(76)67-30-31-71(9)60(79)42-16-20-43(21-17-42)62(8)61(6,7)81-63(82-62)44(32-38(2)3)34-54(75)50(33-40-14-12-11-13-15-40)68-58(77)51-37-64-28-29-66-51/h11-29,35-39,44,50,73-74H,10,30-34H2,1-9H3,(H,65,78)(H,67,76)(H,68,77)/t44-,50+,62?/m1/s1. The van der Waals surface area contributed by atoms with E-state index in [2.05, 4.69) is 50.0 Å². The van der Waals surface area contributed by atoms with E-state index in [-0.39, 0.29) is 95.6 Å². The number of rotatable bonds is 23. The van der Waals surface area contributed by atoms with Crippen LogP contribution in [0.2, 0.25) is 5.82 Å². The van der Waals surface area contributed by atoms with Crippen LogP contribution < -0.4 is 20.7 Å². The molecule has 0 radical (unpaired) electrons. The Bertz CT molecular complexity index is 3380. The number of phenolic OH excluding ortho intramolecular Hbond substituents is 2. The average Bonchev–Trinajstić information content (AvgIpc) is 4.15. The van der Waals surface area contributed by atoms with Crippen LogP contribution in [0.25, 0.3) is 17.1 Å². The van der Waals surface area contributed by atoms with Gasteiger partial charge in [-0.15, -0.1) is 10.2 Å². The SMILES string of the molecule is CCNC(=O)c1nnc(-c2cc(C(C)C)c(O)cc2O)n1-c1ccc(Oc2ccc(C(=O)NCCN(C)C(=O)c3ccc(C4(C)OB([C@@H](CC(=O)[C@H](Cc5ccccc5)NC(=O)c5cnccn5)CC(C)C)OC4(C)C)cc3)cc2)cc1. The molecule has 20 heteroatoms. The van der Waals surface area contributed by atoms with Crippen LogP contribution in [0.1, 0.15) is 133 Å². The molecule has 1 fully saturated rings. The number of nitrogens with one attached hydrogen (secondary N) is 3. The van der Waals surface area contributed by atoms with Gasteiger partial charge in [-0.1, -0.05) is 70.2 Å². The van der Waals surface area contributed by atoms with Gasteiger partial charge in [0.1, 0.15) is 34.3 Å². The van der Waals surface area contributed by atoms with Gasteiger partial charge in [0.05, 0.1) is 23.4 Å². The molecule has 5 aromatic carbocycles. The third-order valence-electron chi connectivity index (χ3n) is 14.7. The van der Waals surface area contributed by atoms with E-state index in [1.807, 2.05) is 77.1 Å². The number of hydrogen-bond donors (Lipinski definition) is 5. The van der Waals surface area contributed by atoms with Gasteiger partial charge < -0.3 is 45.1 Å². The molecule has 0 bridgehead atoms.